The molecule has 0 saturated carbocycles. The largest absolute Gasteiger partial charge is 0.481 e. The number of carboxylic acid groups (broad SMARTS) is 1. The summed E-state index contributed by atoms with van der Waals surface area (Å²) in [5, 5.41) is 9.15. The van der Waals surface area contributed by atoms with Crippen LogP contribution in [0.5, 0.6) is 0 Å². The van der Waals surface area contributed by atoms with E-state index in [9.17, 15) is 4.79 Å². The molecule has 0 aromatic heterocycles. The van der Waals surface area contributed by atoms with Gasteiger partial charge in [-0.15, -0.1) is 0 Å². The van der Waals surface area contributed by atoms with Crippen LogP contribution in [0, 0.1) is 6.92 Å². The molecule has 3 nitrogen and oxygen atoms in total. The van der Waals surface area contributed by atoms with E-state index in [1.54, 1.807) is 12.1 Å². The van der Waals surface area contributed by atoms with E-state index in [0.29, 0.717) is 5.02 Å². The zero-order chi connectivity index (χ0) is 10.7. The van der Waals surface area contributed by atoms with Crippen LogP contribution in [0.4, 0.5) is 0 Å². The molecule has 0 amide bonds. The van der Waals surface area contributed by atoms with E-state index in [0.717, 1.165) is 11.1 Å². The number of aliphatic carboxylic acids is 1. The van der Waals surface area contributed by atoms with Gasteiger partial charge in [-0.1, -0.05) is 17.7 Å². The summed E-state index contributed by atoms with van der Waals surface area (Å²) < 4.78 is 0. The minimum Gasteiger partial charge on any atom is -0.481 e. The second kappa shape index (κ2) is 4.44. The molecule has 1 aromatic carbocycles. The average molecular weight is 214 g/mol. The Kier molecular flexibility index (Phi) is 3.49. The van der Waals surface area contributed by atoms with Gasteiger partial charge in [0.25, 0.3) is 0 Å². The van der Waals surface area contributed by atoms with Crippen molar-refractivity contribution in [2.24, 2.45) is 5.73 Å². The maximum atomic E-state index is 10.4. The zero-order valence-electron chi connectivity index (χ0n) is 7.83. The number of aryl methyl sites for hydroxylation is 1. The highest BCUT2D eigenvalue weighted by atomic mass is 35.5. The summed E-state index contributed by atoms with van der Waals surface area (Å²) in [5.41, 5.74) is 7.44. The molecule has 14 heavy (non-hydrogen) atoms. The fourth-order valence-corrected chi connectivity index (χ4v) is 1.58. The molecule has 0 heterocycles. The number of rotatable bonds is 3. The van der Waals surface area contributed by atoms with Crippen LogP contribution < -0.4 is 5.73 Å². The van der Waals surface area contributed by atoms with Crippen LogP contribution in [0.1, 0.15) is 23.6 Å². The molecule has 0 aliphatic carbocycles. The Morgan fingerprint density at radius 1 is 1.57 bits per heavy atom. The fourth-order valence-electron chi connectivity index (χ4n) is 1.28. The van der Waals surface area contributed by atoms with Crippen LogP contribution in [-0.2, 0) is 4.79 Å². The number of hydrogen-bond acceptors (Lipinski definition) is 2. The zero-order valence-corrected chi connectivity index (χ0v) is 8.58. The molecule has 0 aliphatic heterocycles. The van der Waals surface area contributed by atoms with Crippen LogP contribution in [0.25, 0.3) is 0 Å². The van der Waals surface area contributed by atoms with E-state index in [2.05, 4.69) is 0 Å². The lowest BCUT2D eigenvalue weighted by molar-refractivity contribution is -0.137. The molecule has 0 bridgehead atoms. The highest BCUT2D eigenvalue weighted by molar-refractivity contribution is 6.30. The Balaban J connectivity index is 2.89. The first kappa shape index (κ1) is 11.0. The molecule has 1 unspecified atom stereocenters. The Hall–Kier alpha value is -1.06. The fraction of sp³-hybridized carbons (Fsp3) is 0.300. The van der Waals surface area contributed by atoms with Crippen LogP contribution in [-0.4, -0.2) is 11.1 Å². The lowest BCUT2D eigenvalue weighted by Gasteiger charge is -2.10. The van der Waals surface area contributed by atoms with Crippen molar-refractivity contribution in [3.8, 4) is 0 Å². The van der Waals surface area contributed by atoms with Crippen LogP contribution in [0.15, 0.2) is 18.2 Å². The van der Waals surface area contributed by atoms with Crippen molar-refractivity contribution < 1.29 is 9.90 Å². The maximum absolute atomic E-state index is 10.4. The number of nitrogens with two attached hydrogens (primary N) is 1. The quantitative estimate of drug-likeness (QED) is 0.809. The monoisotopic (exact) mass is 213 g/mol. The molecule has 0 radical (unpaired) electrons. The highest BCUT2D eigenvalue weighted by Gasteiger charge is 2.11. The lowest BCUT2D eigenvalue weighted by atomic mass is 10.0. The number of carbonyl (C=O) groups is 1. The van der Waals surface area contributed by atoms with E-state index in [1.165, 1.54) is 0 Å². The first-order valence-electron chi connectivity index (χ1n) is 4.23. The SMILES string of the molecule is Cc1cc(Cl)cc(C(N)CC(=O)O)c1. The van der Waals surface area contributed by atoms with Crippen LogP contribution in [0.3, 0.4) is 0 Å². The molecule has 1 atom stereocenters. The Morgan fingerprint density at radius 3 is 2.71 bits per heavy atom. The van der Waals surface area contributed by atoms with Gasteiger partial charge in [0.05, 0.1) is 6.42 Å². The summed E-state index contributed by atoms with van der Waals surface area (Å²) in [4.78, 5) is 10.4. The minimum atomic E-state index is -0.907. The third-order valence-corrected chi connectivity index (χ3v) is 2.11. The van der Waals surface area contributed by atoms with E-state index in [4.69, 9.17) is 22.4 Å². The summed E-state index contributed by atoms with van der Waals surface area (Å²) >= 11 is 5.83. The first-order chi connectivity index (χ1) is 6.49. The summed E-state index contributed by atoms with van der Waals surface area (Å²) in [7, 11) is 0. The van der Waals surface area contributed by atoms with Crippen molar-refractivity contribution in [2.75, 3.05) is 0 Å². The Morgan fingerprint density at radius 2 is 2.21 bits per heavy atom. The molecule has 0 fully saturated rings. The Labute approximate surface area is 87.5 Å². The molecule has 1 aromatic rings. The van der Waals surface area contributed by atoms with E-state index < -0.39 is 12.0 Å². The second-order valence-corrected chi connectivity index (χ2v) is 3.70. The molecular formula is C10H12ClNO2. The van der Waals surface area contributed by atoms with Crippen LogP contribution in [0.2, 0.25) is 5.02 Å². The topological polar surface area (TPSA) is 63.3 Å². The average Bonchev–Trinajstić information content (AvgIpc) is 2.00. The van der Waals surface area contributed by atoms with Crippen molar-refractivity contribution in [1.82, 2.24) is 0 Å². The van der Waals surface area contributed by atoms with Crippen LogP contribution >= 0.6 is 11.6 Å². The van der Waals surface area contributed by atoms with E-state index in [-0.39, 0.29) is 6.42 Å². The summed E-state index contributed by atoms with van der Waals surface area (Å²) in [6.07, 6.45) is -0.0835. The summed E-state index contributed by atoms with van der Waals surface area (Å²) in [6.45, 7) is 1.89. The minimum absolute atomic E-state index is 0.0835. The maximum Gasteiger partial charge on any atom is 0.305 e. The van der Waals surface area contributed by atoms with Gasteiger partial charge in [-0.2, -0.15) is 0 Å². The number of halogens is 1. The summed E-state index contributed by atoms with van der Waals surface area (Å²) in [5.74, 6) is -0.907. The molecule has 0 aliphatic rings. The number of carboxylic acids is 1. The van der Waals surface area contributed by atoms with Gasteiger partial charge in [-0.3, -0.25) is 4.79 Å². The van der Waals surface area contributed by atoms with E-state index in [1.807, 2.05) is 13.0 Å². The molecule has 0 spiro atoms. The van der Waals surface area contributed by atoms with Crippen molar-refractivity contribution in [2.45, 2.75) is 19.4 Å². The predicted molar refractivity (Wildman–Crippen MR) is 55.4 cm³/mol. The standard InChI is InChI=1S/C10H12ClNO2/c1-6-2-7(4-8(11)3-6)9(12)5-10(13)14/h2-4,9H,5,12H2,1H3,(H,13,14). The van der Waals surface area contributed by atoms with E-state index >= 15 is 0 Å². The predicted octanol–water partition coefficient (Wildman–Crippen LogP) is 2.12. The van der Waals surface area contributed by atoms with Gasteiger partial charge in [0.15, 0.2) is 0 Å². The Bertz CT molecular complexity index is 332. The molecule has 0 saturated heterocycles. The van der Waals surface area contributed by atoms with Gasteiger partial charge < -0.3 is 10.8 Å². The lowest BCUT2D eigenvalue weighted by Crippen LogP contribution is -2.15. The molecule has 76 valence electrons. The van der Waals surface area contributed by atoms with Gasteiger partial charge in [-0.25, -0.2) is 0 Å². The molecule has 1 rings (SSSR count). The smallest absolute Gasteiger partial charge is 0.305 e. The normalized spacial score (nSPS) is 12.5. The van der Waals surface area contributed by atoms with Gasteiger partial charge in [0.2, 0.25) is 0 Å². The molecule has 4 heteroatoms. The first-order valence-corrected chi connectivity index (χ1v) is 4.61. The van der Waals surface area contributed by atoms with Crippen molar-refractivity contribution in [3.63, 3.8) is 0 Å². The molecule has 3 N–H and O–H groups in total. The van der Waals surface area contributed by atoms with Crippen molar-refractivity contribution >= 4 is 17.6 Å². The second-order valence-electron chi connectivity index (χ2n) is 3.27. The highest BCUT2D eigenvalue weighted by Crippen LogP contribution is 2.20. The molecular weight excluding hydrogens is 202 g/mol. The van der Waals surface area contributed by atoms with Gasteiger partial charge in [0.1, 0.15) is 0 Å². The van der Waals surface area contributed by atoms with Crippen molar-refractivity contribution in [1.29, 1.82) is 0 Å². The third kappa shape index (κ3) is 3.01. The number of hydrogen-bond donors (Lipinski definition) is 2. The van der Waals surface area contributed by atoms with Gasteiger partial charge >= 0.3 is 5.97 Å². The summed E-state index contributed by atoms with van der Waals surface area (Å²) in [6, 6.07) is 4.85. The van der Waals surface area contributed by atoms with Crippen molar-refractivity contribution in [3.05, 3.63) is 34.3 Å². The van der Waals surface area contributed by atoms with Gasteiger partial charge in [0, 0.05) is 11.1 Å². The number of benzene rings is 1. The van der Waals surface area contributed by atoms with Gasteiger partial charge in [-0.05, 0) is 30.2 Å². The third-order valence-electron chi connectivity index (χ3n) is 1.89.